The highest BCUT2D eigenvalue weighted by molar-refractivity contribution is 6.04. The van der Waals surface area contributed by atoms with Crippen LogP contribution in [0.5, 0.6) is 0 Å². The van der Waals surface area contributed by atoms with Gasteiger partial charge in [0.2, 0.25) is 5.95 Å². The van der Waals surface area contributed by atoms with Gasteiger partial charge in [-0.2, -0.15) is 0 Å². The van der Waals surface area contributed by atoms with E-state index in [4.69, 9.17) is 0 Å². The van der Waals surface area contributed by atoms with Crippen LogP contribution in [-0.4, -0.2) is 20.4 Å². The first-order chi connectivity index (χ1) is 10.3. The molecule has 0 aliphatic carbocycles. The molecule has 0 saturated heterocycles. The number of aryl methyl sites for hydroxylation is 1. The zero-order chi connectivity index (χ0) is 14.7. The van der Waals surface area contributed by atoms with Gasteiger partial charge in [0.25, 0.3) is 5.91 Å². The molecule has 0 aliphatic rings. The number of anilines is 1. The molecule has 0 bridgehead atoms. The van der Waals surface area contributed by atoms with E-state index in [2.05, 4.69) is 22.2 Å². The molecular formula is C16H16N4O. The van der Waals surface area contributed by atoms with E-state index in [0.717, 1.165) is 24.0 Å². The fourth-order valence-electron chi connectivity index (χ4n) is 2.30. The number of nitrogens with zero attached hydrogens (tertiary/aromatic N) is 3. The number of fused-ring (bicyclic) bond motifs is 1. The Kier molecular flexibility index (Phi) is 3.64. The van der Waals surface area contributed by atoms with E-state index in [1.54, 1.807) is 24.5 Å². The lowest BCUT2D eigenvalue weighted by Gasteiger charge is -2.08. The molecule has 21 heavy (non-hydrogen) atoms. The summed E-state index contributed by atoms with van der Waals surface area (Å²) in [5, 5.41) is 2.89. The number of hydrogen-bond donors (Lipinski definition) is 1. The molecule has 0 fully saturated rings. The van der Waals surface area contributed by atoms with E-state index in [1.165, 1.54) is 0 Å². The quantitative estimate of drug-likeness (QED) is 0.799. The van der Waals surface area contributed by atoms with Crippen LogP contribution < -0.4 is 5.32 Å². The molecule has 5 nitrogen and oxygen atoms in total. The van der Waals surface area contributed by atoms with Crippen LogP contribution in [0.4, 0.5) is 5.95 Å². The van der Waals surface area contributed by atoms with Crippen molar-refractivity contribution >= 4 is 22.9 Å². The normalized spacial score (nSPS) is 10.7. The SMILES string of the molecule is CCCn1c(NC(=O)c2ccncc2)nc2ccccc21. The Hall–Kier alpha value is -2.69. The van der Waals surface area contributed by atoms with Gasteiger partial charge in [-0.25, -0.2) is 4.98 Å². The number of imidazole rings is 1. The molecule has 0 saturated carbocycles. The second-order valence-corrected chi connectivity index (χ2v) is 4.77. The maximum Gasteiger partial charge on any atom is 0.258 e. The fraction of sp³-hybridized carbons (Fsp3) is 0.188. The number of para-hydroxylation sites is 2. The second-order valence-electron chi connectivity index (χ2n) is 4.77. The van der Waals surface area contributed by atoms with Crippen LogP contribution in [0.2, 0.25) is 0 Å². The molecule has 1 amide bonds. The number of pyridine rings is 1. The van der Waals surface area contributed by atoms with Crippen molar-refractivity contribution in [2.75, 3.05) is 5.32 Å². The molecule has 0 aliphatic heterocycles. The van der Waals surface area contributed by atoms with Crippen LogP contribution in [0.1, 0.15) is 23.7 Å². The van der Waals surface area contributed by atoms with Gasteiger partial charge in [0.05, 0.1) is 11.0 Å². The number of hydrogen-bond acceptors (Lipinski definition) is 3. The molecule has 2 aromatic heterocycles. The van der Waals surface area contributed by atoms with E-state index in [0.29, 0.717) is 11.5 Å². The van der Waals surface area contributed by atoms with Gasteiger partial charge in [-0.05, 0) is 30.7 Å². The van der Waals surface area contributed by atoms with Gasteiger partial charge in [0.15, 0.2) is 0 Å². The average Bonchev–Trinajstić information content (AvgIpc) is 2.86. The van der Waals surface area contributed by atoms with Crippen molar-refractivity contribution in [3.8, 4) is 0 Å². The highest BCUT2D eigenvalue weighted by atomic mass is 16.1. The number of carbonyl (C=O) groups is 1. The van der Waals surface area contributed by atoms with E-state index < -0.39 is 0 Å². The molecule has 0 radical (unpaired) electrons. The zero-order valence-corrected chi connectivity index (χ0v) is 11.8. The van der Waals surface area contributed by atoms with Crippen molar-refractivity contribution in [3.05, 3.63) is 54.4 Å². The first-order valence-corrected chi connectivity index (χ1v) is 6.96. The summed E-state index contributed by atoms with van der Waals surface area (Å²) >= 11 is 0. The van der Waals surface area contributed by atoms with Gasteiger partial charge in [-0.15, -0.1) is 0 Å². The van der Waals surface area contributed by atoms with Crippen molar-refractivity contribution in [2.24, 2.45) is 0 Å². The lowest BCUT2D eigenvalue weighted by atomic mass is 10.2. The summed E-state index contributed by atoms with van der Waals surface area (Å²) in [6, 6.07) is 11.2. The number of nitrogens with one attached hydrogen (secondary N) is 1. The van der Waals surface area contributed by atoms with Gasteiger partial charge < -0.3 is 4.57 Å². The van der Waals surface area contributed by atoms with Gasteiger partial charge >= 0.3 is 0 Å². The minimum atomic E-state index is -0.176. The standard InChI is InChI=1S/C16H16N4O/c1-2-11-20-14-6-4-3-5-13(14)18-16(20)19-15(21)12-7-9-17-10-8-12/h3-10H,2,11H2,1H3,(H,18,19,21). The van der Waals surface area contributed by atoms with E-state index in [1.807, 2.05) is 28.8 Å². The predicted molar refractivity (Wildman–Crippen MR) is 82.2 cm³/mol. The highest BCUT2D eigenvalue weighted by Crippen LogP contribution is 2.20. The molecule has 1 N–H and O–H groups in total. The molecule has 106 valence electrons. The van der Waals surface area contributed by atoms with Crippen molar-refractivity contribution in [1.29, 1.82) is 0 Å². The summed E-state index contributed by atoms with van der Waals surface area (Å²) in [7, 11) is 0. The number of rotatable bonds is 4. The Labute approximate surface area is 122 Å². The van der Waals surface area contributed by atoms with Crippen LogP contribution in [0.3, 0.4) is 0 Å². The smallest absolute Gasteiger partial charge is 0.258 e. The Morgan fingerprint density at radius 2 is 1.95 bits per heavy atom. The molecule has 3 rings (SSSR count). The van der Waals surface area contributed by atoms with Gasteiger partial charge in [-0.3, -0.25) is 15.1 Å². The summed E-state index contributed by atoms with van der Waals surface area (Å²) < 4.78 is 2.04. The van der Waals surface area contributed by atoms with E-state index >= 15 is 0 Å². The summed E-state index contributed by atoms with van der Waals surface area (Å²) in [5.74, 6) is 0.407. The Bertz CT molecular complexity index is 764. The first kappa shape index (κ1) is 13.3. The van der Waals surface area contributed by atoms with Crippen LogP contribution in [-0.2, 0) is 6.54 Å². The third kappa shape index (κ3) is 2.63. The summed E-state index contributed by atoms with van der Waals surface area (Å²) in [4.78, 5) is 20.7. The minimum absolute atomic E-state index is 0.176. The Balaban J connectivity index is 1.96. The molecule has 1 aromatic carbocycles. The lowest BCUT2D eigenvalue weighted by Crippen LogP contribution is -2.16. The third-order valence-corrected chi connectivity index (χ3v) is 3.27. The van der Waals surface area contributed by atoms with Crippen molar-refractivity contribution in [2.45, 2.75) is 19.9 Å². The van der Waals surface area contributed by atoms with Crippen LogP contribution in [0.25, 0.3) is 11.0 Å². The zero-order valence-electron chi connectivity index (χ0n) is 11.8. The monoisotopic (exact) mass is 280 g/mol. The van der Waals surface area contributed by atoms with Gasteiger partial charge in [-0.1, -0.05) is 19.1 Å². The fourth-order valence-corrected chi connectivity index (χ4v) is 2.30. The summed E-state index contributed by atoms with van der Waals surface area (Å²) in [6.07, 6.45) is 4.17. The molecule has 2 heterocycles. The topological polar surface area (TPSA) is 59.8 Å². The Morgan fingerprint density at radius 3 is 2.71 bits per heavy atom. The largest absolute Gasteiger partial charge is 0.310 e. The third-order valence-electron chi connectivity index (χ3n) is 3.27. The van der Waals surface area contributed by atoms with Crippen molar-refractivity contribution in [1.82, 2.24) is 14.5 Å². The lowest BCUT2D eigenvalue weighted by molar-refractivity contribution is 0.102. The number of amides is 1. The van der Waals surface area contributed by atoms with Crippen LogP contribution in [0, 0.1) is 0 Å². The number of aromatic nitrogens is 3. The van der Waals surface area contributed by atoms with Crippen molar-refractivity contribution in [3.63, 3.8) is 0 Å². The number of benzene rings is 1. The van der Waals surface area contributed by atoms with Crippen LogP contribution >= 0.6 is 0 Å². The molecule has 5 heteroatoms. The summed E-state index contributed by atoms with van der Waals surface area (Å²) in [5.41, 5.74) is 2.49. The van der Waals surface area contributed by atoms with Gasteiger partial charge in [0, 0.05) is 24.5 Å². The van der Waals surface area contributed by atoms with E-state index in [9.17, 15) is 4.79 Å². The molecule has 3 aromatic rings. The minimum Gasteiger partial charge on any atom is -0.310 e. The van der Waals surface area contributed by atoms with Crippen LogP contribution in [0.15, 0.2) is 48.8 Å². The predicted octanol–water partition coefficient (Wildman–Crippen LogP) is 3.09. The molecule has 0 unspecified atom stereocenters. The molecular weight excluding hydrogens is 264 g/mol. The molecule has 0 spiro atoms. The average molecular weight is 280 g/mol. The second kappa shape index (κ2) is 5.75. The maximum atomic E-state index is 12.3. The van der Waals surface area contributed by atoms with Crippen molar-refractivity contribution < 1.29 is 4.79 Å². The maximum absolute atomic E-state index is 12.3. The van der Waals surface area contributed by atoms with E-state index in [-0.39, 0.29) is 5.91 Å². The van der Waals surface area contributed by atoms with Gasteiger partial charge in [0.1, 0.15) is 0 Å². The highest BCUT2D eigenvalue weighted by Gasteiger charge is 2.13. The molecule has 0 atom stereocenters. The first-order valence-electron chi connectivity index (χ1n) is 6.96. The summed E-state index contributed by atoms with van der Waals surface area (Å²) in [6.45, 7) is 2.91. The Morgan fingerprint density at radius 1 is 1.19 bits per heavy atom. The number of carbonyl (C=O) groups excluding carboxylic acids is 1.